The molecule has 0 radical (unpaired) electrons. The Bertz CT molecular complexity index is 538. The number of hydrogen-bond acceptors (Lipinski definition) is 3. The van der Waals surface area contributed by atoms with Crippen LogP contribution in [0.3, 0.4) is 0 Å². The Morgan fingerprint density at radius 2 is 1.94 bits per heavy atom. The summed E-state index contributed by atoms with van der Waals surface area (Å²) in [7, 11) is 0. The minimum absolute atomic E-state index is 0.00681. The van der Waals surface area contributed by atoms with Crippen molar-refractivity contribution in [1.29, 1.82) is 0 Å². The summed E-state index contributed by atoms with van der Waals surface area (Å²) in [5.74, 6) is 0.105. The first-order chi connectivity index (χ1) is 7.59. The number of rotatable bonds is 2. The van der Waals surface area contributed by atoms with Gasteiger partial charge in [-0.15, -0.1) is 0 Å². The van der Waals surface area contributed by atoms with Gasteiger partial charge >= 0.3 is 0 Å². The summed E-state index contributed by atoms with van der Waals surface area (Å²) in [6, 6.07) is 6.04. The van der Waals surface area contributed by atoms with E-state index in [9.17, 15) is 4.21 Å². The molecule has 0 aliphatic heterocycles. The fraction of sp³-hybridized carbons (Fsp3) is 0. The molecule has 2 rings (SSSR count). The zero-order chi connectivity index (χ0) is 11.7. The van der Waals surface area contributed by atoms with Crippen LogP contribution < -0.4 is 0 Å². The topological polar surface area (TPSA) is 75.3 Å². The van der Waals surface area contributed by atoms with E-state index in [0.717, 1.165) is 0 Å². The lowest BCUT2D eigenvalue weighted by Crippen LogP contribution is -2.03. The fourth-order valence-corrected chi connectivity index (χ4v) is 2.09. The van der Waals surface area contributed by atoms with Gasteiger partial charge < -0.3 is 9.66 Å². The second-order valence-electron chi connectivity index (χ2n) is 2.98. The second-order valence-corrected chi connectivity index (χ2v) is 4.27. The van der Waals surface area contributed by atoms with Crippen LogP contribution in [0.5, 0.6) is 5.75 Å². The average molecular weight is 259 g/mol. The number of hydrogen-bond donors (Lipinski definition) is 2. The van der Waals surface area contributed by atoms with E-state index in [4.69, 9.17) is 21.3 Å². The van der Waals surface area contributed by atoms with Crippen molar-refractivity contribution in [1.82, 2.24) is 9.78 Å². The highest BCUT2D eigenvalue weighted by Gasteiger charge is 2.15. The van der Waals surface area contributed by atoms with Crippen LogP contribution in [-0.4, -0.2) is 23.6 Å². The van der Waals surface area contributed by atoms with Crippen molar-refractivity contribution in [2.24, 2.45) is 0 Å². The first kappa shape index (κ1) is 11.1. The van der Waals surface area contributed by atoms with Gasteiger partial charge in [0.25, 0.3) is 0 Å². The van der Waals surface area contributed by atoms with E-state index < -0.39 is 11.1 Å². The van der Waals surface area contributed by atoms with Crippen molar-refractivity contribution in [2.45, 2.75) is 5.03 Å². The quantitative estimate of drug-likeness (QED) is 0.806. The van der Waals surface area contributed by atoms with Crippen LogP contribution in [0.15, 0.2) is 35.5 Å². The molecule has 84 valence electrons. The molecule has 1 unspecified atom stereocenters. The second kappa shape index (κ2) is 4.25. The van der Waals surface area contributed by atoms with Gasteiger partial charge in [-0.25, -0.2) is 8.89 Å². The Kier molecular flexibility index (Phi) is 2.95. The van der Waals surface area contributed by atoms with E-state index in [-0.39, 0.29) is 15.8 Å². The Labute approximate surface area is 98.6 Å². The molecule has 7 heteroatoms. The molecule has 5 nitrogen and oxygen atoms in total. The number of phenols is 1. The van der Waals surface area contributed by atoms with E-state index in [1.807, 2.05) is 0 Å². The van der Waals surface area contributed by atoms with Crippen LogP contribution in [0.2, 0.25) is 5.02 Å². The lowest BCUT2D eigenvalue weighted by molar-refractivity contribution is 0.475. The molecule has 0 spiro atoms. The maximum Gasteiger partial charge on any atom is 0.207 e. The van der Waals surface area contributed by atoms with E-state index >= 15 is 0 Å². The van der Waals surface area contributed by atoms with Crippen molar-refractivity contribution in [3.63, 3.8) is 0 Å². The number of aromatic nitrogens is 2. The third kappa shape index (κ3) is 1.95. The van der Waals surface area contributed by atoms with E-state index in [1.54, 1.807) is 12.1 Å². The first-order valence-corrected chi connectivity index (χ1v) is 5.72. The summed E-state index contributed by atoms with van der Waals surface area (Å²) < 4.78 is 21.4. The van der Waals surface area contributed by atoms with Crippen molar-refractivity contribution < 1.29 is 13.9 Å². The lowest BCUT2D eigenvalue weighted by Gasteiger charge is -2.04. The highest BCUT2D eigenvalue weighted by Crippen LogP contribution is 2.22. The van der Waals surface area contributed by atoms with Gasteiger partial charge in [0.05, 0.1) is 16.9 Å². The van der Waals surface area contributed by atoms with Crippen LogP contribution in [0, 0.1) is 0 Å². The van der Waals surface area contributed by atoms with E-state index in [2.05, 4.69) is 5.10 Å². The van der Waals surface area contributed by atoms with Crippen LogP contribution in [0.4, 0.5) is 0 Å². The Balaban J connectivity index is 2.56. The van der Waals surface area contributed by atoms with Gasteiger partial charge in [-0.1, -0.05) is 11.6 Å². The lowest BCUT2D eigenvalue weighted by atomic mass is 10.3. The van der Waals surface area contributed by atoms with Crippen LogP contribution >= 0.6 is 11.6 Å². The molecule has 1 aromatic heterocycles. The summed E-state index contributed by atoms with van der Waals surface area (Å²) in [6.07, 6.45) is 1.29. The minimum atomic E-state index is -2.22. The van der Waals surface area contributed by atoms with Crippen molar-refractivity contribution >= 4 is 22.7 Å². The molecular formula is C9H7ClN2O3S. The van der Waals surface area contributed by atoms with Gasteiger partial charge in [0.15, 0.2) is 5.03 Å². The standard InChI is InChI=1S/C9H7ClN2O3S/c10-8-5-11-12(9(8)16(14)15)6-1-3-7(13)4-2-6/h1-5,13H,(H,14,15). The molecule has 0 amide bonds. The third-order valence-corrected chi connectivity index (χ3v) is 3.06. The van der Waals surface area contributed by atoms with Crippen LogP contribution in [0.25, 0.3) is 5.69 Å². The zero-order valence-electron chi connectivity index (χ0n) is 7.87. The smallest absolute Gasteiger partial charge is 0.207 e. The molecular weight excluding hydrogens is 252 g/mol. The zero-order valence-corrected chi connectivity index (χ0v) is 9.44. The number of nitrogens with zero attached hydrogens (tertiary/aromatic N) is 2. The van der Waals surface area contributed by atoms with Gasteiger partial charge in [-0.05, 0) is 24.3 Å². The molecule has 0 fully saturated rings. The molecule has 2 aromatic rings. The molecule has 0 aliphatic rings. The largest absolute Gasteiger partial charge is 0.508 e. The molecule has 2 N–H and O–H groups in total. The van der Waals surface area contributed by atoms with Gasteiger partial charge in [0.2, 0.25) is 11.1 Å². The normalized spacial score (nSPS) is 12.6. The molecule has 0 bridgehead atoms. The van der Waals surface area contributed by atoms with E-state index in [1.165, 1.54) is 23.0 Å². The SMILES string of the molecule is O=S(O)c1c(Cl)cnn1-c1ccc(O)cc1. The van der Waals surface area contributed by atoms with Gasteiger partial charge in [-0.3, -0.25) is 0 Å². The number of phenolic OH excluding ortho intramolecular Hbond substituents is 1. The summed E-state index contributed by atoms with van der Waals surface area (Å²) in [5, 5.41) is 13.1. The fourth-order valence-electron chi connectivity index (χ4n) is 1.25. The van der Waals surface area contributed by atoms with Crippen molar-refractivity contribution in [3.05, 3.63) is 35.5 Å². The molecule has 1 atom stereocenters. The highest BCUT2D eigenvalue weighted by atomic mass is 35.5. The minimum Gasteiger partial charge on any atom is -0.508 e. The molecule has 0 aliphatic carbocycles. The van der Waals surface area contributed by atoms with Gasteiger partial charge in [0.1, 0.15) is 5.75 Å². The maximum absolute atomic E-state index is 11.1. The Morgan fingerprint density at radius 3 is 2.50 bits per heavy atom. The van der Waals surface area contributed by atoms with Crippen LogP contribution in [0.1, 0.15) is 0 Å². The monoisotopic (exact) mass is 258 g/mol. The molecule has 0 saturated carbocycles. The highest BCUT2D eigenvalue weighted by molar-refractivity contribution is 7.79. The summed E-state index contributed by atoms with van der Waals surface area (Å²) in [4.78, 5) is 0. The van der Waals surface area contributed by atoms with Crippen molar-refractivity contribution in [2.75, 3.05) is 0 Å². The van der Waals surface area contributed by atoms with Gasteiger partial charge in [0, 0.05) is 0 Å². The number of benzene rings is 1. The third-order valence-electron chi connectivity index (χ3n) is 1.94. The predicted molar refractivity (Wildman–Crippen MR) is 59.3 cm³/mol. The number of halogens is 1. The molecule has 1 aromatic carbocycles. The number of aromatic hydroxyl groups is 1. The summed E-state index contributed by atoms with van der Waals surface area (Å²) in [6.45, 7) is 0. The predicted octanol–water partition coefficient (Wildman–Crippen LogP) is 1.81. The molecule has 1 heterocycles. The summed E-state index contributed by atoms with van der Waals surface area (Å²) in [5.41, 5.74) is 0.544. The van der Waals surface area contributed by atoms with E-state index in [0.29, 0.717) is 5.69 Å². The first-order valence-electron chi connectivity index (χ1n) is 4.23. The molecule has 0 saturated heterocycles. The average Bonchev–Trinajstić information content (AvgIpc) is 2.61. The van der Waals surface area contributed by atoms with Gasteiger partial charge in [-0.2, -0.15) is 5.10 Å². The summed E-state index contributed by atoms with van der Waals surface area (Å²) >= 11 is 3.51. The van der Waals surface area contributed by atoms with Crippen molar-refractivity contribution in [3.8, 4) is 11.4 Å². The Hall–Kier alpha value is -1.37. The molecule has 16 heavy (non-hydrogen) atoms. The maximum atomic E-state index is 11.1. The van der Waals surface area contributed by atoms with Crippen LogP contribution in [-0.2, 0) is 11.1 Å². The Morgan fingerprint density at radius 1 is 1.31 bits per heavy atom.